The predicted molar refractivity (Wildman–Crippen MR) is 73.0 cm³/mol. The van der Waals surface area contributed by atoms with Crippen LogP contribution in [0, 0.1) is 0 Å². The Bertz CT molecular complexity index is 446. The molecular formula is C14H20N2O3. The van der Waals surface area contributed by atoms with Crippen molar-refractivity contribution in [3.8, 4) is 0 Å². The maximum Gasteiger partial charge on any atom is 0.336 e. The molecule has 0 aromatic heterocycles. The molecular weight excluding hydrogens is 244 g/mol. The minimum atomic E-state index is -0.958. The second kappa shape index (κ2) is 7.53. The van der Waals surface area contributed by atoms with Gasteiger partial charge in [-0.05, 0) is 25.0 Å². The average Bonchev–Trinajstić information content (AvgIpc) is 2.42. The van der Waals surface area contributed by atoms with Crippen molar-refractivity contribution in [3.63, 3.8) is 0 Å². The molecule has 1 aromatic carbocycles. The van der Waals surface area contributed by atoms with Crippen LogP contribution in [0.4, 0.5) is 0 Å². The topological polar surface area (TPSA) is 78.4 Å². The molecule has 1 aromatic rings. The summed E-state index contributed by atoms with van der Waals surface area (Å²) in [5, 5.41) is 14.9. The molecule has 1 unspecified atom stereocenters. The highest BCUT2D eigenvalue weighted by molar-refractivity contribution is 5.89. The summed E-state index contributed by atoms with van der Waals surface area (Å²) in [4.78, 5) is 22.7. The van der Waals surface area contributed by atoms with Crippen LogP contribution in [0.3, 0.4) is 0 Å². The average molecular weight is 264 g/mol. The second-order valence-electron chi connectivity index (χ2n) is 4.36. The largest absolute Gasteiger partial charge is 0.478 e. The van der Waals surface area contributed by atoms with Crippen molar-refractivity contribution in [2.45, 2.75) is 32.9 Å². The second-order valence-corrected chi connectivity index (χ2v) is 4.36. The van der Waals surface area contributed by atoms with E-state index < -0.39 is 5.97 Å². The molecule has 0 saturated heterocycles. The molecule has 0 aliphatic rings. The van der Waals surface area contributed by atoms with E-state index in [2.05, 4.69) is 10.6 Å². The number of nitrogens with one attached hydrogen (secondary N) is 2. The molecule has 0 radical (unpaired) electrons. The fraction of sp³-hybridized carbons (Fsp3) is 0.429. The summed E-state index contributed by atoms with van der Waals surface area (Å²) in [6.07, 6.45) is 0.889. The summed E-state index contributed by atoms with van der Waals surface area (Å²) in [5.74, 6) is -1.03. The van der Waals surface area contributed by atoms with E-state index in [0.717, 1.165) is 6.42 Å². The van der Waals surface area contributed by atoms with Crippen LogP contribution in [-0.4, -0.2) is 29.6 Å². The van der Waals surface area contributed by atoms with Crippen molar-refractivity contribution in [1.82, 2.24) is 10.6 Å². The highest BCUT2D eigenvalue weighted by Gasteiger charge is 2.13. The number of aromatic carboxylic acids is 1. The maximum atomic E-state index is 11.7. The molecule has 19 heavy (non-hydrogen) atoms. The van der Waals surface area contributed by atoms with Crippen molar-refractivity contribution in [3.05, 3.63) is 35.4 Å². The van der Waals surface area contributed by atoms with Gasteiger partial charge in [-0.2, -0.15) is 0 Å². The minimum Gasteiger partial charge on any atom is -0.478 e. The van der Waals surface area contributed by atoms with Crippen LogP contribution >= 0.6 is 0 Å². The molecule has 0 aliphatic heterocycles. The molecule has 104 valence electrons. The number of benzene rings is 1. The number of carboxylic acids is 1. The van der Waals surface area contributed by atoms with Crippen LogP contribution in [0.25, 0.3) is 0 Å². The Morgan fingerprint density at radius 1 is 1.32 bits per heavy atom. The lowest BCUT2D eigenvalue weighted by molar-refractivity contribution is -0.122. The van der Waals surface area contributed by atoms with Gasteiger partial charge in [0.05, 0.1) is 11.6 Å². The number of hydrogen-bond donors (Lipinski definition) is 3. The third-order valence-electron chi connectivity index (χ3n) is 2.79. The lowest BCUT2D eigenvalue weighted by atomic mass is 10.1. The van der Waals surface area contributed by atoms with Gasteiger partial charge in [0.25, 0.3) is 0 Å². The standard InChI is InChI=1S/C14H20N2O3/c1-3-8-15-13(17)10(2)16-9-11-6-4-5-7-12(11)14(18)19/h4-7,10,16H,3,8-9H2,1-2H3,(H,15,17)(H,18,19). The van der Waals surface area contributed by atoms with Gasteiger partial charge in [-0.25, -0.2) is 4.79 Å². The number of amides is 1. The van der Waals surface area contributed by atoms with Crippen LogP contribution in [0.2, 0.25) is 0 Å². The first-order valence-electron chi connectivity index (χ1n) is 6.38. The van der Waals surface area contributed by atoms with Crippen molar-refractivity contribution in [2.24, 2.45) is 0 Å². The summed E-state index contributed by atoms with van der Waals surface area (Å²) in [6, 6.07) is 6.41. The van der Waals surface area contributed by atoms with Crippen LogP contribution in [0.1, 0.15) is 36.2 Å². The van der Waals surface area contributed by atoms with Crippen molar-refractivity contribution < 1.29 is 14.7 Å². The van der Waals surface area contributed by atoms with E-state index in [-0.39, 0.29) is 17.5 Å². The van der Waals surface area contributed by atoms with Gasteiger partial charge in [-0.15, -0.1) is 0 Å². The third-order valence-corrected chi connectivity index (χ3v) is 2.79. The Labute approximate surface area is 113 Å². The Morgan fingerprint density at radius 2 is 2.00 bits per heavy atom. The number of carbonyl (C=O) groups is 2. The Morgan fingerprint density at radius 3 is 2.63 bits per heavy atom. The van der Waals surface area contributed by atoms with Crippen LogP contribution < -0.4 is 10.6 Å². The third kappa shape index (κ3) is 4.71. The summed E-state index contributed by atoms with van der Waals surface area (Å²) in [7, 11) is 0. The summed E-state index contributed by atoms with van der Waals surface area (Å²) in [6.45, 7) is 4.75. The fourth-order valence-electron chi connectivity index (χ4n) is 1.64. The SMILES string of the molecule is CCCNC(=O)C(C)NCc1ccccc1C(=O)O. The van der Waals surface area contributed by atoms with Crippen molar-refractivity contribution in [1.29, 1.82) is 0 Å². The van der Waals surface area contributed by atoms with E-state index in [1.54, 1.807) is 31.2 Å². The van der Waals surface area contributed by atoms with E-state index in [0.29, 0.717) is 18.7 Å². The summed E-state index contributed by atoms with van der Waals surface area (Å²) >= 11 is 0. The van der Waals surface area contributed by atoms with Crippen LogP contribution in [-0.2, 0) is 11.3 Å². The zero-order valence-electron chi connectivity index (χ0n) is 11.3. The monoisotopic (exact) mass is 264 g/mol. The molecule has 5 heteroatoms. The summed E-state index contributed by atoms with van der Waals surface area (Å²) in [5.41, 5.74) is 0.932. The van der Waals surface area contributed by atoms with E-state index in [1.165, 1.54) is 0 Å². The lowest BCUT2D eigenvalue weighted by Gasteiger charge is -2.14. The Kier molecular flexibility index (Phi) is 6.02. The Hall–Kier alpha value is -1.88. The van der Waals surface area contributed by atoms with Crippen LogP contribution in [0.15, 0.2) is 24.3 Å². The molecule has 0 spiro atoms. The zero-order chi connectivity index (χ0) is 14.3. The molecule has 0 saturated carbocycles. The normalized spacial score (nSPS) is 11.9. The molecule has 0 heterocycles. The molecule has 1 atom stereocenters. The lowest BCUT2D eigenvalue weighted by Crippen LogP contribution is -2.42. The fourth-order valence-corrected chi connectivity index (χ4v) is 1.64. The zero-order valence-corrected chi connectivity index (χ0v) is 11.3. The maximum absolute atomic E-state index is 11.7. The number of carboxylic acid groups (broad SMARTS) is 1. The van der Waals surface area contributed by atoms with Gasteiger partial charge < -0.3 is 15.7 Å². The minimum absolute atomic E-state index is 0.0744. The number of carbonyl (C=O) groups excluding carboxylic acids is 1. The highest BCUT2D eigenvalue weighted by atomic mass is 16.4. The van der Waals surface area contributed by atoms with Gasteiger partial charge in [0.2, 0.25) is 5.91 Å². The Balaban J connectivity index is 2.57. The first-order chi connectivity index (χ1) is 9.06. The molecule has 0 aliphatic carbocycles. The smallest absolute Gasteiger partial charge is 0.336 e. The number of hydrogen-bond acceptors (Lipinski definition) is 3. The van der Waals surface area contributed by atoms with Gasteiger partial charge in [-0.1, -0.05) is 25.1 Å². The summed E-state index contributed by atoms with van der Waals surface area (Å²) < 4.78 is 0. The quantitative estimate of drug-likeness (QED) is 0.695. The van der Waals surface area contributed by atoms with Crippen LogP contribution in [0.5, 0.6) is 0 Å². The molecule has 0 fully saturated rings. The predicted octanol–water partition coefficient (Wildman–Crippen LogP) is 1.39. The van der Waals surface area contributed by atoms with E-state index in [9.17, 15) is 9.59 Å². The number of rotatable bonds is 7. The first-order valence-corrected chi connectivity index (χ1v) is 6.38. The molecule has 3 N–H and O–H groups in total. The van der Waals surface area contributed by atoms with Gasteiger partial charge in [0.15, 0.2) is 0 Å². The molecule has 5 nitrogen and oxygen atoms in total. The molecule has 1 rings (SSSR count). The van der Waals surface area contributed by atoms with Gasteiger partial charge in [0.1, 0.15) is 0 Å². The molecule has 0 bridgehead atoms. The van der Waals surface area contributed by atoms with E-state index in [1.807, 2.05) is 6.92 Å². The molecule has 1 amide bonds. The van der Waals surface area contributed by atoms with E-state index in [4.69, 9.17) is 5.11 Å². The first kappa shape index (κ1) is 15.2. The highest BCUT2D eigenvalue weighted by Crippen LogP contribution is 2.08. The van der Waals surface area contributed by atoms with Crippen molar-refractivity contribution >= 4 is 11.9 Å². The van der Waals surface area contributed by atoms with Gasteiger partial charge in [0, 0.05) is 13.1 Å². The van der Waals surface area contributed by atoms with Gasteiger partial charge in [-0.3, -0.25) is 4.79 Å². The van der Waals surface area contributed by atoms with Crippen molar-refractivity contribution in [2.75, 3.05) is 6.54 Å². The van der Waals surface area contributed by atoms with E-state index >= 15 is 0 Å². The van der Waals surface area contributed by atoms with Gasteiger partial charge >= 0.3 is 5.97 Å².